The monoisotopic (exact) mass is 366 g/mol. The van der Waals surface area contributed by atoms with Crippen LogP contribution < -0.4 is 4.72 Å². The minimum atomic E-state index is -3.45. The maximum atomic E-state index is 12.8. The van der Waals surface area contributed by atoms with E-state index in [0.29, 0.717) is 12.8 Å². The highest BCUT2D eigenvalue weighted by atomic mass is 32.2. The molecule has 132 valence electrons. The zero-order chi connectivity index (χ0) is 17.5. The lowest BCUT2D eigenvalue weighted by atomic mass is 10.1. The first-order chi connectivity index (χ1) is 10.6. The Morgan fingerprint density at radius 1 is 1.09 bits per heavy atom. The highest BCUT2D eigenvalue weighted by Crippen LogP contribution is 2.06. The normalized spacial score (nSPS) is 12.7. The van der Waals surface area contributed by atoms with Crippen molar-refractivity contribution in [2.75, 3.05) is 31.6 Å². The van der Waals surface area contributed by atoms with Gasteiger partial charge in [-0.25, -0.2) is 30.3 Å². The molecule has 0 fully saturated rings. The second kappa shape index (κ2) is 8.72. The summed E-state index contributed by atoms with van der Waals surface area (Å²) in [6.07, 6.45) is 2.00. The molecule has 6 nitrogen and oxygen atoms in total. The second-order valence-corrected chi connectivity index (χ2v) is 9.16. The maximum Gasteiger partial charge on any atom is 0.211 e. The summed E-state index contributed by atoms with van der Waals surface area (Å²) < 4.78 is 63.1. The molecule has 0 aromatic heterocycles. The van der Waals surface area contributed by atoms with Crippen molar-refractivity contribution in [2.45, 2.75) is 19.8 Å². The predicted octanol–water partition coefficient (Wildman–Crippen LogP) is 0.959. The van der Waals surface area contributed by atoms with Gasteiger partial charge in [0.1, 0.15) is 5.82 Å². The van der Waals surface area contributed by atoms with Gasteiger partial charge in [-0.3, -0.25) is 0 Å². The highest BCUT2D eigenvalue weighted by Gasteiger charge is 2.17. The summed E-state index contributed by atoms with van der Waals surface area (Å²) in [6.45, 7) is 2.05. The minimum absolute atomic E-state index is 0.0153. The molecule has 0 spiro atoms. The molecule has 0 radical (unpaired) electrons. The lowest BCUT2D eigenvalue weighted by molar-refractivity contribution is 0.420. The van der Waals surface area contributed by atoms with E-state index < -0.39 is 20.0 Å². The molecule has 0 unspecified atom stereocenters. The Morgan fingerprint density at radius 3 is 2.22 bits per heavy atom. The zero-order valence-corrected chi connectivity index (χ0v) is 15.0. The molecule has 0 aliphatic rings. The van der Waals surface area contributed by atoms with E-state index in [-0.39, 0.29) is 31.2 Å². The first-order valence-corrected chi connectivity index (χ1v) is 10.8. The van der Waals surface area contributed by atoms with Gasteiger partial charge in [0.05, 0.1) is 12.0 Å². The highest BCUT2D eigenvalue weighted by molar-refractivity contribution is 7.89. The van der Waals surface area contributed by atoms with Crippen LogP contribution in [0.25, 0.3) is 0 Å². The summed E-state index contributed by atoms with van der Waals surface area (Å²) >= 11 is 0. The van der Waals surface area contributed by atoms with Crippen molar-refractivity contribution in [3.8, 4) is 0 Å². The Hall–Kier alpha value is -1.03. The SMILES string of the molecule is CCCS(=O)(=O)NCCN(CCc1ccc(F)cc1)S(C)(=O)=O. The Balaban J connectivity index is 2.58. The number of hydrogen-bond acceptors (Lipinski definition) is 4. The second-order valence-electron chi connectivity index (χ2n) is 5.25. The number of nitrogens with one attached hydrogen (secondary N) is 1. The number of halogens is 1. The smallest absolute Gasteiger partial charge is 0.211 e. The number of hydrogen-bond donors (Lipinski definition) is 1. The van der Waals surface area contributed by atoms with E-state index in [1.54, 1.807) is 19.1 Å². The number of benzene rings is 1. The molecule has 1 rings (SSSR count). The van der Waals surface area contributed by atoms with E-state index in [9.17, 15) is 21.2 Å². The summed E-state index contributed by atoms with van der Waals surface area (Å²) in [5.74, 6) is -0.333. The summed E-state index contributed by atoms with van der Waals surface area (Å²) in [6, 6.07) is 5.83. The van der Waals surface area contributed by atoms with Crippen LogP contribution in [0.15, 0.2) is 24.3 Å². The Kier molecular flexibility index (Phi) is 7.59. The molecule has 1 N–H and O–H groups in total. The van der Waals surface area contributed by atoms with E-state index in [1.807, 2.05) is 0 Å². The van der Waals surface area contributed by atoms with Crippen LogP contribution in [0.5, 0.6) is 0 Å². The maximum absolute atomic E-state index is 12.8. The van der Waals surface area contributed by atoms with Gasteiger partial charge in [0.25, 0.3) is 0 Å². The van der Waals surface area contributed by atoms with Crippen LogP contribution in [0.4, 0.5) is 4.39 Å². The molecule has 9 heteroatoms. The van der Waals surface area contributed by atoms with Crippen molar-refractivity contribution in [3.63, 3.8) is 0 Å². The standard InChI is InChI=1S/C14H23FN2O4S2/c1-3-12-23(20,21)16-9-11-17(22(2,18)19)10-8-13-4-6-14(15)7-5-13/h4-7,16H,3,8-12H2,1-2H3. The molecule has 1 aromatic carbocycles. The lowest BCUT2D eigenvalue weighted by Gasteiger charge is -2.20. The molecular weight excluding hydrogens is 343 g/mol. The van der Waals surface area contributed by atoms with Crippen molar-refractivity contribution in [2.24, 2.45) is 0 Å². The quantitative estimate of drug-likeness (QED) is 0.668. The molecular formula is C14H23FN2O4S2. The largest absolute Gasteiger partial charge is 0.214 e. The van der Waals surface area contributed by atoms with Crippen LogP contribution in [0.2, 0.25) is 0 Å². The van der Waals surface area contributed by atoms with E-state index in [2.05, 4.69) is 4.72 Å². The Bertz CT molecular complexity index is 688. The fourth-order valence-corrected chi connectivity index (χ4v) is 3.95. The summed E-state index contributed by atoms with van der Waals surface area (Å²) in [5, 5.41) is 0. The van der Waals surface area contributed by atoms with Crippen LogP contribution in [0, 0.1) is 5.82 Å². The van der Waals surface area contributed by atoms with E-state index in [4.69, 9.17) is 0 Å². The van der Waals surface area contributed by atoms with Crippen LogP contribution in [-0.2, 0) is 26.5 Å². The average molecular weight is 366 g/mol. The van der Waals surface area contributed by atoms with Crippen molar-refractivity contribution < 1.29 is 21.2 Å². The summed E-state index contributed by atoms with van der Waals surface area (Å²) in [5.41, 5.74) is 0.812. The number of nitrogens with zero attached hydrogens (tertiary/aromatic N) is 1. The van der Waals surface area contributed by atoms with Crippen LogP contribution in [0.3, 0.4) is 0 Å². The lowest BCUT2D eigenvalue weighted by Crippen LogP contribution is -2.39. The summed E-state index contributed by atoms with van der Waals surface area (Å²) in [7, 11) is -6.81. The summed E-state index contributed by atoms with van der Waals surface area (Å²) in [4.78, 5) is 0. The third-order valence-electron chi connectivity index (χ3n) is 3.19. The molecule has 0 saturated heterocycles. The first kappa shape index (κ1) is 20.0. The van der Waals surface area contributed by atoms with Crippen molar-refractivity contribution in [1.29, 1.82) is 0 Å². The molecule has 1 aromatic rings. The van der Waals surface area contributed by atoms with Crippen molar-refractivity contribution in [1.82, 2.24) is 9.03 Å². The molecule has 0 atom stereocenters. The van der Waals surface area contributed by atoms with Gasteiger partial charge in [0.2, 0.25) is 20.0 Å². The molecule has 0 heterocycles. The van der Waals surface area contributed by atoms with Gasteiger partial charge >= 0.3 is 0 Å². The third-order valence-corrected chi connectivity index (χ3v) is 6.08. The topological polar surface area (TPSA) is 83.6 Å². The fraction of sp³-hybridized carbons (Fsp3) is 0.571. The average Bonchev–Trinajstić information content (AvgIpc) is 2.43. The number of sulfonamides is 2. The molecule has 23 heavy (non-hydrogen) atoms. The van der Waals surface area contributed by atoms with Gasteiger partial charge < -0.3 is 0 Å². The van der Waals surface area contributed by atoms with E-state index >= 15 is 0 Å². The predicted molar refractivity (Wildman–Crippen MR) is 88.6 cm³/mol. The fourth-order valence-electron chi connectivity index (χ4n) is 2.02. The van der Waals surface area contributed by atoms with Gasteiger partial charge in [0.15, 0.2) is 0 Å². The molecule has 0 aliphatic carbocycles. The van der Waals surface area contributed by atoms with Gasteiger partial charge in [-0.15, -0.1) is 0 Å². The molecule has 0 saturated carbocycles. The van der Waals surface area contributed by atoms with E-state index in [1.165, 1.54) is 16.4 Å². The van der Waals surface area contributed by atoms with E-state index in [0.717, 1.165) is 11.8 Å². The van der Waals surface area contributed by atoms with Gasteiger partial charge in [0, 0.05) is 19.6 Å². The zero-order valence-electron chi connectivity index (χ0n) is 13.3. The van der Waals surface area contributed by atoms with Crippen molar-refractivity contribution >= 4 is 20.0 Å². The van der Waals surface area contributed by atoms with Crippen LogP contribution in [-0.4, -0.2) is 52.8 Å². The molecule has 0 amide bonds. The van der Waals surface area contributed by atoms with Gasteiger partial charge in [-0.2, -0.15) is 0 Å². The Morgan fingerprint density at radius 2 is 1.70 bits per heavy atom. The van der Waals surface area contributed by atoms with Crippen LogP contribution >= 0.6 is 0 Å². The van der Waals surface area contributed by atoms with Gasteiger partial charge in [-0.1, -0.05) is 19.1 Å². The third kappa shape index (κ3) is 7.87. The molecule has 0 aliphatic heterocycles. The minimum Gasteiger partial charge on any atom is -0.214 e. The van der Waals surface area contributed by atoms with Crippen LogP contribution in [0.1, 0.15) is 18.9 Å². The van der Waals surface area contributed by atoms with Crippen molar-refractivity contribution in [3.05, 3.63) is 35.6 Å². The Labute approximate surface area is 137 Å². The number of rotatable bonds is 10. The molecule has 0 bridgehead atoms. The van der Waals surface area contributed by atoms with Gasteiger partial charge in [-0.05, 0) is 30.5 Å². The first-order valence-electron chi connectivity index (χ1n) is 7.31.